The molecule has 0 spiro atoms. The lowest BCUT2D eigenvalue weighted by Gasteiger charge is -2.11. The first-order valence-electron chi connectivity index (χ1n) is 3.13. The molecule has 0 fully saturated rings. The maximum Gasteiger partial charge on any atom is 0.691 e. The van der Waals surface area contributed by atoms with Crippen LogP contribution in [0.3, 0.4) is 0 Å². The molecule has 68 valence electrons. The monoisotopic (exact) mass is 191 g/mol. The van der Waals surface area contributed by atoms with Crippen molar-refractivity contribution in [3.8, 4) is 0 Å². The molecule has 6 nitrogen and oxygen atoms in total. The van der Waals surface area contributed by atoms with E-state index in [0.717, 1.165) is 0 Å². The molecule has 0 bridgehead atoms. The summed E-state index contributed by atoms with van der Waals surface area (Å²) in [6.45, 7) is -0.0799. The van der Waals surface area contributed by atoms with Gasteiger partial charge >= 0.3 is 9.05 Å². The number of rotatable bonds is 4. The molecule has 4 N–H and O–H groups in total. The molecule has 1 aromatic heterocycles. The molecule has 0 saturated carbocycles. The Morgan fingerprint density at radius 3 is 2.83 bits per heavy atom. The lowest BCUT2D eigenvalue weighted by molar-refractivity contribution is 0.0135. The van der Waals surface area contributed by atoms with Crippen molar-refractivity contribution in [1.82, 2.24) is 0 Å². The lowest BCUT2D eigenvalue weighted by Crippen LogP contribution is -2.44. The highest BCUT2D eigenvalue weighted by Crippen LogP contribution is 2.05. The summed E-state index contributed by atoms with van der Waals surface area (Å²) in [5.74, 6) is 5.02. The number of nitrogens with two attached hydrogens (primary N) is 1. The van der Waals surface area contributed by atoms with Gasteiger partial charge in [0.1, 0.15) is 5.76 Å². The third kappa shape index (κ3) is 2.74. The third-order valence-electron chi connectivity index (χ3n) is 1.14. The Labute approximate surface area is 69.6 Å². The second kappa shape index (κ2) is 3.80. The van der Waals surface area contributed by atoms with E-state index >= 15 is 0 Å². The van der Waals surface area contributed by atoms with Crippen LogP contribution in [0.1, 0.15) is 5.76 Å². The Bertz CT molecular complexity index is 224. The molecule has 0 saturated heterocycles. The van der Waals surface area contributed by atoms with Crippen LogP contribution in [-0.2, 0) is 15.6 Å². The first-order valence-corrected chi connectivity index (χ1v) is 4.84. The van der Waals surface area contributed by atoms with Crippen LogP contribution in [0.5, 0.6) is 0 Å². The molecule has 0 amide bonds. The van der Waals surface area contributed by atoms with Gasteiger partial charge in [0.2, 0.25) is 0 Å². The molecule has 0 atom stereocenters. The molecule has 0 aliphatic heterocycles. The second-order valence-electron chi connectivity index (χ2n) is 2.03. The summed E-state index contributed by atoms with van der Waals surface area (Å²) >= 11 is 0. The highest BCUT2D eigenvalue weighted by molar-refractivity contribution is 6.50. The summed E-state index contributed by atoms with van der Waals surface area (Å²) in [5, 5.41) is 0. The Morgan fingerprint density at radius 2 is 2.33 bits per heavy atom. The fourth-order valence-corrected chi connectivity index (χ4v) is 0.992. The van der Waals surface area contributed by atoms with Gasteiger partial charge in [-0.25, -0.2) is 5.90 Å². The van der Waals surface area contributed by atoms with Gasteiger partial charge in [-0.1, -0.05) is 0 Å². The standard InChI is InChI=1S/C5H9NO5Si/c6-11-12(7,8)10-4-5-2-1-3-9-5/h1-3,7-8H,4,6H2. The normalized spacial score (nSPS) is 11.9. The van der Waals surface area contributed by atoms with Gasteiger partial charge in [0, 0.05) is 0 Å². The number of hydrogen-bond acceptors (Lipinski definition) is 6. The van der Waals surface area contributed by atoms with E-state index in [0.29, 0.717) is 5.76 Å². The predicted octanol–water partition coefficient (Wildman–Crippen LogP) is -0.893. The first-order chi connectivity index (χ1) is 5.64. The van der Waals surface area contributed by atoms with Gasteiger partial charge in [0.05, 0.1) is 12.9 Å². The van der Waals surface area contributed by atoms with Gasteiger partial charge in [-0.05, 0) is 12.1 Å². The molecule has 1 rings (SSSR count). The van der Waals surface area contributed by atoms with Crippen LogP contribution >= 0.6 is 0 Å². The van der Waals surface area contributed by atoms with Gasteiger partial charge in [0.15, 0.2) is 0 Å². The van der Waals surface area contributed by atoms with Crippen LogP contribution in [0.2, 0.25) is 0 Å². The topological polar surface area (TPSA) is 98.1 Å². The Morgan fingerprint density at radius 1 is 1.58 bits per heavy atom. The van der Waals surface area contributed by atoms with Gasteiger partial charge < -0.3 is 18.4 Å². The minimum atomic E-state index is -4.12. The van der Waals surface area contributed by atoms with Crippen LogP contribution in [-0.4, -0.2) is 18.6 Å². The molecule has 0 aliphatic carbocycles. The maximum atomic E-state index is 8.81. The minimum Gasteiger partial charge on any atom is -0.467 e. The van der Waals surface area contributed by atoms with Gasteiger partial charge in [0.25, 0.3) is 0 Å². The van der Waals surface area contributed by atoms with Gasteiger partial charge in [-0.15, -0.1) is 0 Å². The molecule has 0 unspecified atom stereocenters. The molecular formula is C5H9NO5Si. The summed E-state index contributed by atoms with van der Waals surface area (Å²) in [7, 11) is -4.12. The van der Waals surface area contributed by atoms with Crippen molar-refractivity contribution in [2.45, 2.75) is 6.61 Å². The van der Waals surface area contributed by atoms with Gasteiger partial charge in [-0.2, -0.15) is 0 Å². The second-order valence-corrected chi connectivity index (χ2v) is 3.66. The Kier molecular flexibility index (Phi) is 2.97. The fourth-order valence-electron chi connectivity index (χ4n) is 0.594. The van der Waals surface area contributed by atoms with Crippen molar-refractivity contribution in [1.29, 1.82) is 0 Å². The molecule has 0 aliphatic rings. The third-order valence-corrected chi connectivity index (χ3v) is 1.96. The largest absolute Gasteiger partial charge is 0.691 e. The van der Waals surface area contributed by atoms with E-state index in [1.54, 1.807) is 12.1 Å². The van der Waals surface area contributed by atoms with Crippen molar-refractivity contribution in [3.63, 3.8) is 0 Å². The van der Waals surface area contributed by atoms with E-state index in [1.807, 2.05) is 0 Å². The molecule has 1 heterocycles. The van der Waals surface area contributed by atoms with Crippen LogP contribution in [0, 0.1) is 0 Å². The maximum absolute atomic E-state index is 8.81. The van der Waals surface area contributed by atoms with Gasteiger partial charge in [-0.3, -0.25) is 4.53 Å². The summed E-state index contributed by atoms with van der Waals surface area (Å²) in [5.41, 5.74) is 0. The molecular weight excluding hydrogens is 182 g/mol. The highest BCUT2D eigenvalue weighted by Gasteiger charge is 2.36. The van der Waals surface area contributed by atoms with Crippen molar-refractivity contribution in [2.75, 3.05) is 0 Å². The molecule has 7 heteroatoms. The fraction of sp³-hybridized carbons (Fsp3) is 0.200. The van der Waals surface area contributed by atoms with Crippen molar-refractivity contribution in [3.05, 3.63) is 24.2 Å². The average molecular weight is 191 g/mol. The summed E-state index contributed by atoms with van der Waals surface area (Å²) in [6.07, 6.45) is 1.44. The van der Waals surface area contributed by atoms with E-state index in [2.05, 4.69) is 14.8 Å². The van der Waals surface area contributed by atoms with E-state index < -0.39 is 9.05 Å². The zero-order valence-electron chi connectivity index (χ0n) is 6.14. The molecule has 0 radical (unpaired) electrons. The van der Waals surface area contributed by atoms with Crippen molar-refractivity contribution < 1.29 is 23.0 Å². The Balaban J connectivity index is 2.36. The van der Waals surface area contributed by atoms with Crippen molar-refractivity contribution in [2.24, 2.45) is 5.90 Å². The molecule has 0 aromatic carbocycles. The van der Waals surface area contributed by atoms with Crippen LogP contribution in [0.4, 0.5) is 0 Å². The summed E-state index contributed by atoms with van der Waals surface area (Å²) < 4.78 is 13.2. The SMILES string of the molecule is NO[Si](O)(O)OCc1ccco1. The summed E-state index contributed by atoms with van der Waals surface area (Å²) in [6, 6.07) is 3.28. The molecule has 1 aromatic rings. The number of furan rings is 1. The quantitative estimate of drug-likeness (QED) is 0.421. The predicted molar refractivity (Wildman–Crippen MR) is 39.0 cm³/mol. The minimum absolute atomic E-state index is 0.0799. The zero-order valence-corrected chi connectivity index (χ0v) is 7.14. The van der Waals surface area contributed by atoms with Crippen LogP contribution in [0.15, 0.2) is 22.8 Å². The lowest BCUT2D eigenvalue weighted by atomic mass is 10.5. The van der Waals surface area contributed by atoms with E-state index in [9.17, 15) is 0 Å². The highest BCUT2D eigenvalue weighted by atomic mass is 28.4. The van der Waals surface area contributed by atoms with E-state index in [-0.39, 0.29) is 6.61 Å². The van der Waals surface area contributed by atoms with Crippen LogP contribution in [0.25, 0.3) is 0 Å². The van der Waals surface area contributed by atoms with Crippen molar-refractivity contribution >= 4 is 9.05 Å². The average Bonchev–Trinajstić information content (AvgIpc) is 2.53. The molecule has 12 heavy (non-hydrogen) atoms. The van der Waals surface area contributed by atoms with Crippen LogP contribution < -0.4 is 5.90 Å². The number of hydrogen-bond donors (Lipinski definition) is 3. The Hall–Kier alpha value is -0.703. The first kappa shape index (κ1) is 9.39. The van der Waals surface area contributed by atoms with E-state index in [1.165, 1.54) is 6.26 Å². The van der Waals surface area contributed by atoms with E-state index in [4.69, 9.17) is 14.0 Å². The zero-order chi connectivity index (χ0) is 9.03. The summed E-state index contributed by atoms with van der Waals surface area (Å²) in [4.78, 5) is 17.6. The smallest absolute Gasteiger partial charge is 0.467 e.